The molecule has 1 aliphatic heterocycles. The summed E-state index contributed by atoms with van der Waals surface area (Å²) in [6.45, 7) is 4.08. The average Bonchev–Trinajstić information content (AvgIpc) is 2.29. The van der Waals surface area contributed by atoms with Crippen LogP contribution < -0.4 is 14.8 Å². The van der Waals surface area contributed by atoms with Gasteiger partial charge in [-0.25, -0.2) is 0 Å². The first-order valence-corrected chi connectivity index (χ1v) is 6.96. The first-order valence-electron chi connectivity index (χ1n) is 5.48. The molecule has 0 bridgehead atoms. The lowest BCUT2D eigenvalue weighted by Gasteiger charge is -2.17. The van der Waals surface area contributed by atoms with E-state index in [1.54, 1.807) is 13.8 Å². The number of rotatable bonds is 4. The molecule has 1 fully saturated rings. The maximum atomic E-state index is 11.6. The van der Waals surface area contributed by atoms with E-state index in [2.05, 4.69) is 14.8 Å². The van der Waals surface area contributed by atoms with Crippen molar-refractivity contribution in [2.75, 3.05) is 6.54 Å². The molecule has 0 radical (unpaired) electrons. The molecule has 0 spiro atoms. The van der Waals surface area contributed by atoms with Crippen LogP contribution in [0.5, 0.6) is 0 Å². The fourth-order valence-electron chi connectivity index (χ4n) is 1.58. The zero-order valence-corrected chi connectivity index (χ0v) is 10.4. The Kier molecular flexibility index (Phi) is 4.69. The lowest BCUT2D eigenvalue weighted by Crippen LogP contribution is -2.50. The van der Waals surface area contributed by atoms with E-state index < -0.39 is 16.3 Å². The van der Waals surface area contributed by atoms with Gasteiger partial charge in [-0.1, -0.05) is 0 Å². The van der Waals surface area contributed by atoms with Crippen LogP contribution in [0.3, 0.4) is 0 Å². The molecule has 3 N–H and O–H groups in total. The van der Waals surface area contributed by atoms with Gasteiger partial charge < -0.3 is 5.32 Å². The molecule has 0 saturated carbocycles. The second-order valence-electron chi connectivity index (χ2n) is 4.23. The molecule has 0 aromatic heterocycles. The van der Waals surface area contributed by atoms with E-state index in [1.807, 2.05) is 0 Å². The molecule has 0 aliphatic carbocycles. The molecule has 1 saturated heterocycles. The number of carbonyl (C=O) groups excluding carboxylic acids is 1. The molecule has 94 valence electrons. The van der Waals surface area contributed by atoms with Gasteiger partial charge in [0.15, 0.2) is 0 Å². The number of carbonyl (C=O) groups is 1. The van der Waals surface area contributed by atoms with Crippen LogP contribution in [0, 0.1) is 0 Å². The molecule has 1 atom stereocenters. The summed E-state index contributed by atoms with van der Waals surface area (Å²) < 4.78 is 27.9. The number of nitrogens with one attached hydrogen (secondary N) is 3. The summed E-state index contributed by atoms with van der Waals surface area (Å²) >= 11 is 0. The van der Waals surface area contributed by atoms with Gasteiger partial charge in [0.1, 0.15) is 6.04 Å². The summed E-state index contributed by atoms with van der Waals surface area (Å²) in [4.78, 5) is 11.5. The highest BCUT2D eigenvalue weighted by Gasteiger charge is 2.25. The maximum Gasteiger partial charge on any atom is 0.277 e. The highest BCUT2D eigenvalue weighted by Crippen LogP contribution is 2.06. The molecule has 0 unspecified atom stereocenters. The van der Waals surface area contributed by atoms with Gasteiger partial charge in [0.25, 0.3) is 10.2 Å². The second kappa shape index (κ2) is 5.60. The molecular weight excluding hydrogens is 230 g/mol. The maximum absolute atomic E-state index is 11.6. The van der Waals surface area contributed by atoms with E-state index in [0.29, 0.717) is 13.0 Å². The van der Waals surface area contributed by atoms with Crippen LogP contribution in [0.2, 0.25) is 0 Å². The van der Waals surface area contributed by atoms with Gasteiger partial charge in [0.05, 0.1) is 0 Å². The zero-order valence-electron chi connectivity index (χ0n) is 9.62. The van der Waals surface area contributed by atoms with E-state index in [9.17, 15) is 13.2 Å². The molecule has 6 nitrogen and oxygen atoms in total. The van der Waals surface area contributed by atoms with Crippen molar-refractivity contribution >= 4 is 16.1 Å². The quantitative estimate of drug-likeness (QED) is 0.627. The Balaban J connectivity index is 2.60. The molecule has 1 heterocycles. The van der Waals surface area contributed by atoms with E-state index in [0.717, 1.165) is 12.8 Å². The highest BCUT2D eigenvalue weighted by atomic mass is 32.2. The highest BCUT2D eigenvalue weighted by molar-refractivity contribution is 7.87. The van der Waals surface area contributed by atoms with Crippen molar-refractivity contribution in [3.8, 4) is 0 Å². The van der Waals surface area contributed by atoms with Gasteiger partial charge in [0, 0.05) is 12.6 Å². The van der Waals surface area contributed by atoms with Crippen molar-refractivity contribution < 1.29 is 13.2 Å². The molecule has 1 aliphatic rings. The minimum absolute atomic E-state index is 0.189. The standard InChI is InChI=1S/C9H19N3O3S/c1-7(2)11-16(14,15)12-8-5-3-4-6-10-9(8)13/h7-8,11-12H,3-6H2,1-2H3,(H,10,13)/t8-/m1/s1. The first-order chi connectivity index (χ1) is 7.41. The number of hydrogen-bond acceptors (Lipinski definition) is 3. The minimum Gasteiger partial charge on any atom is -0.355 e. The fourth-order valence-corrected chi connectivity index (χ4v) is 2.87. The van der Waals surface area contributed by atoms with E-state index in [1.165, 1.54) is 0 Å². The third-order valence-electron chi connectivity index (χ3n) is 2.22. The molecule has 0 aromatic carbocycles. The second-order valence-corrected chi connectivity index (χ2v) is 5.71. The van der Waals surface area contributed by atoms with Crippen molar-refractivity contribution in [3.63, 3.8) is 0 Å². The van der Waals surface area contributed by atoms with Crippen LogP contribution >= 0.6 is 0 Å². The topological polar surface area (TPSA) is 87.3 Å². The lowest BCUT2D eigenvalue weighted by atomic mass is 10.1. The van der Waals surface area contributed by atoms with Gasteiger partial charge >= 0.3 is 0 Å². The van der Waals surface area contributed by atoms with E-state index in [-0.39, 0.29) is 11.9 Å². The smallest absolute Gasteiger partial charge is 0.277 e. The van der Waals surface area contributed by atoms with Crippen LogP contribution in [-0.2, 0) is 15.0 Å². The Hall–Kier alpha value is -0.660. The molecule has 0 aromatic rings. The minimum atomic E-state index is -3.59. The molecule has 7 heteroatoms. The Morgan fingerprint density at radius 2 is 2.06 bits per heavy atom. The summed E-state index contributed by atoms with van der Waals surface area (Å²) in [5.41, 5.74) is 0. The fraction of sp³-hybridized carbons (Fsp3) is 0.889. The predicted octanol–water partition coefficient (Wildman–Crippen LogP) is -0.512. The Labute approximate surface area is 96.4 Å². The van der Waals surface area contributed by atoms with Gasteiger partial charge in [-0.3, -0.25) is 4.79 Å². The van der Waals surface area contributed by atoms with Crippen molar-refractivity contribution in [3.05, 3.63) is 0 Å². The molecule has 1 amide bonds. The Morgan fingerprint density at radius 1 is 1.38 bits per heavy atom. The number of hydrogen-bond donors (Lipinski definition) is 3. The van der Waals surface area contributed by atoms with Crippen LogP contribution in [-0.4, -0.2) is 33.0 Å². The molecular formula is C9H19N3O3S. The van der Waals surface area contributed by atoms with Crippen molar-refractivity contribution in [1.29, 1.82) is 0 Å². The lowest BCUT2D eigenvalue weighted by molar-refractivity contribution is -0.122. The molecule has 1 rings (SSSR count). The zero-order chi connectivity index (χ0) is 12.2. The normalized spacial score (nSPS) is 22.9. The van der Waals surface area contributed by atoms with Crippen molar-refractivity contribution in [2.24, 2.45) is 0 Å². The van der Waals surface area contributed by atoms with Crippen molar-refractivity contribution in [1.82, 2.24) is 14.8 Å². The Bertz CT molecular complexity index is 340. The van der Waals surface area contributed by atoms with Crippen LogP contribution in [0.4, 0.5) is 0 Å². The third-order valence-corrected chi connectivity index (χ3v) is 3.60. The average molecular weight is 249 g/mol. The Morgan fingerprint density at radius 3 is 2.69 bits per heavy atom. The van der Waals surface area contributed by atoms with Crippen LogP contribution in [0.25, 0.3) is 0 Å². The van der Waals surface area contributed by atoms with Gasteiger partial charge in [-0.05, 0) is 33.1 Å². The third kappa shape index (κ3) is 4.46. The summed E-state index contributed by atoms with van der Waals surface area (Å²) in [6.07, 6.45) is 2.28. The summed E-state index contributed by atoms with van der Waals surface area (Å²) in [5, 5.41) is 2.68. The van der Waals surface area contributed by atoms with Crippen molar-refractivity contribution in [2.45, 2.75) is 45.2 Å². The van der Waals surface area contributed by atoms with Crippen LogP contribution in [0.15, 0.2) is 0 Å². The number of amides is 1. The van der Waals surface area contributed by atoms with Gasteiger partial charge in [-0.2, -0.15) is 17.9 Å². The summed E-state index contributed by atoms with van der Waals surface area (Å²) in [7, 11) is -3.59. The first kappa shape index (κ1) is 13.4. The summed E-state index contributed by atoms with van der Waals surface area (Å²) in [6, 6.07) is -0.843. The predicted molar refractivity (Wildman–Crippen MR) is 61.0 cm³/mol. The molecule has 16 heavy (non-hydrogen) atoms. The van der Waals surface area contributed by atoms with E-state index in [4.69, 9.17) is 0 Å². The SMILES string of the molecule is CC(C)NS(=O)(=O)N[C@@H]1CCCCNC1=O. The van der Waals surface area contributed by atoms with Crippen LogP contribution in [0.1, 0.15) is 33.1 Å². The monoisotopic (exact) mass is 249 g/mol. The van der Waals surface area contributed by atoms with Gasteiger partial charge in [-0.15, -0.1) is 0 Å². The summed E-state index contributed by atoms with van der Waals surface area (Å²) in [5.74, 6) is -0.244. The van der Waals surface area contributed by atoms with E-state index >= 15 is 0 Å². The van der Waals surface area contributed by atoms with Gasteiger partial charge in [0.2, 0.25) is 5.91 Å². The largest absolute Gasteiger partial charge is 0.355 e.